The van der Waals surface area contributed by atoms with Crippen LogP contribution in [0.2, 0.25) is 0 Å². The van der Waals surface area contributed by atoms with Gasteiger partial charge in [0.05, 0.1) is 24.0 Å². The zero-order valence-electron chi connectivity index (χ0n) is 18.6. The van der Waals surface area contributed by atoms with Crippen molar-refractivity contribution in [2.75, 3.05) is 18.5 Å². The summed E-state index contributed by atoms with van der Waals surface area (Å²) in [7, 11) is 1.75. The number of aryl methyl sites for hydroxylation is 2. The third-order valence-corrected chi connectivity index (χ3v) is 4.70. The fourth-order valence-electron chi connectivity index (χ4n) is 3.14. The van der Waals surface area contributed by atoms with Crippen molar-refractivity contribution < 1.29 is 14.8 Å². The molecule has 0 radical (unpaired) electrons. The molecule has 10 heteroatoms. The predicted octanol–water partition coefficient (Wildman–Crippen LogP) is 2.35. The number of ether oxygens (including phenoxy) is 2. The van der Waals surface area contributed by atoms with Crippen LogP contribution in [0.5, 0.6) is 17.4 Å². The van der Waals surface area contributed by atoms with Gasteiger partial charge in [0.15, 0.2) is 5.82 Å². The van der Waals surface area contributed by atoms with E-state index >= 15 is 0 Å². The lowest BCUT2D eigenvalue weighted by Gasteiger charge is -2.12. The van der Waals surface area contributed by atoms with Crippen LogP contribution in [-0.2, 0) is 7.05 Å². The summed E-state index contributed by atoms with van der Waals surface area (Å²) in [6.07, 6.45) is 4.82. The van der Waals surface area contributed by atoms with Gasteiger partial charge >= 0.3 is 0 Å². The summed E-state index contributed by atoms with van der Waals surface area (Å²) in [5.41, 5.74) is 1.67. The number of nitrogens with one attached hydrogen (secondary N) is 1. The van der Waals surface area contributed by atoms with Crippen LogP contribution < -0.4 is 20.1 Å². The van der Waals surface area contributed by atoms with E-state index in [1.807, 2.05) is 31.2 Å². The zero-order chi connectivity index (χ0) is 22.5. The Kier molecular flexibility index (Phi) is 6.41. The van der Waals surface area contributed by atoms with E-state index in [1.165, 1.54) is 11.1 Å². The van der Waals surface area contributed by atoms with Crippen molar-refractivity contribution in [2.24, 2.45) is 7.05 Å². The lowest BCUT2D eigenvalue weighted by molar-refractivity contribution is -0.683. The van der Waals surface area contributed by atoms with Crippen molar-refractivity contribution in [2.45, 2.75) is 26.8 Å². The first-order valence-corrected chi connectivity index (χ1v) is 10.5. The number of nitrogens with zero attached hydrogens (tertiary/aromatic N) is 6. The fraction of sp³-hybridized carbons (Fsp3) is 0.318. The summed E-state index contributed by atoms with van der Waals surface area (Å²) in [6.45, 7) is 7.79. The van der Waals surface area contributed by atoms with Gasteiger partial charge in [0.1, 0.15) is 36.8 Å². The molecule has 0 unspecified atom stereocenters. The fourth-order valence-corrected chi connectivity index (χ4v) is 3.14. The molecular weight excluding hydrogens is 408 g/mol. The molecule has 0 spiro atoms. The second kappa shape index (κ2) is 9.56. The molecule has 4 rings (SSSR count). The standard InChI is InChI=1S/C22H26N8O2/c1-14(2)23-7-8-31-17-9-15(3)22(24-11-17)32-16-5-6-19-18(10-16)21(26-13-25-19)28-20-12-27-30(4)29-20/h5-6,9-14,23H,7-8H2,1-4H3,(H,25,26,28,29)/p+1. The number of hydrogen-bond acceptors (Lipinski definition) is 8. The van der Waals surface area contributed by atoms with Gasteiger partial charge in [-0.05, 0) is 45.0 Å². The average Bonchev–Trinajstić information content (AvgIpc) is 3.18. The van der Waals surface area contributed by atoms with Crippen molar-refractivity contribution in [3.63, 3.8) is 0 Å². The van der Waals surface area contributed by atoms with Gasteiger partial charge in [-0.2, -0.15) is 9.90 Å². The van der Waals surface area contributed by atoms with Crippen LogP contribution in [-0.4, -0.2) is 49.1 Å². The molecule has 3 aromatic heterocycles. The molecular formula is C22H27N8O2+. The minimum absolute atomic E-state index is 0.519. The number of hydrogen-bond donors (Lipinski definition) is 2. The predicted molar refractivity (Wildman–Crippen MR) is 120 cm³/mol. The molecule has 32 heavy (non-hydrogen) atoms. The van der Waals surface area contributed by atoms with Gasteiger partial charge in [0.25, 0.3) is 0 Å². The van der Waals surface area contributed by atoms with Crippen LogP contribution in [0, 0.1) is 6.92 Å². The highest BCUT2D eigenvalue weighted by molar-refractivity contribution is 5.91. The van der Waals surface area contributed by atoms with Crippen LogP contribution in [0.3, 0.4) is 0 Å². The van der Waals surface area contributed by atoms with Gasteiger partial charge < -0.3 is 20.1 Å². The monoisotopic (exact) mass is 435 g/mol. The highest BCUT2D eigenvalue weighted by Crippen LogP contribution is 2.30. The Morgan fingerprint density at radius 3 is 2.72 bits per heavy atom. The smallest absolute Gasteiger partial charge is 0.222 e. The lowest BCUT2D eigenvalue weighted by atomic mass is 10.2. The molecule has 10 nitrogen and oxygen atoms in total. The number of rotatable bonds is 9. The molecule has 0 bridgehead atoms. The normalized spacial score (nSPS) is 11.2. The van der Waals surface area contributed by atoms with Crippen LogP contribution >= 0.6 is 0 Å². The molecule has 0 aliphatic rings. The largest absolute Gasteiger partial charge is 0.486 e. The Hall–Kier alpha value is -3.79. The van der Waals surface area contributed by atoms with Crippen molar-refractivity contribution in [1.29, 1.82) is 0 Å². The summed E-state index contributed by atoms with van der Waals surface area (Å²) in [4.78, 5) is 14.6. The Morgan fingerprint density at radius 2 is 1.97 bits per heavy atom. The Balaban J connectivity index is 1.49. The number of quaternary nitrogens is 1. The van der Waals surface area contributed by atoms with Gasteiger partial charge in [0, 0.05) is 18.0 Å². The number of anilines is 2. The number of pyridine rings is 1. The quantitative estimate of drug-likeness (QED) is 0.385. The summed E-state index contributed by atoms with van der Waals surface area (Å²) < 4.78 is 11.8. The summed E-state index contributed by atoms with van der Waals surface area (Å²) in [5.74, 6) is 3.09. The van der Waals surface area contributed by atoms with Gasteiger partial charge in [-0.3, -0.25) is 0 Å². The first kappa shape index (κ1) is 21.4. The van der Waals surface area contributed by atoms with Gasteiger partial charge in [-0.1, -0.05) is 0 Å². The van der Waals surface area contributed by atoms with Crippen LogP contribution in [0.25, 0.3) is 10.9 Å². The number of benzene rings is 1. The van der Waals surface area contributed by atoms with E-state index in [-0.39, 0.29) is 0 Å². The summed E-state index contributed by atoms with van der Waals surface area (Å²) >= 11 is 0. The maximum atomic E-state index is 6.05. The maximum absolute atomic E-state index is 6.05. The molecule has 1 aromatic carbocycles. The highest BCUT2D eigenvalue weighted by atomic mass is 16.5. The molecule has 4 aromatic rings. The molecule has 0 fully saturated rings. The van der Waals surface area contributed by atoms with Crippen molar-refractivity contribution in [1.82, 2.24) is 29.9 Å². The summed E-state index contributed by atoms with van der Waals surface area (Å²) in [5, 5.41) is 14.5. The molecule has 0 atom stereocenters. The van der Waals surface area contributed by atoms with Crippen LogP contribution in [0.15, 0.2) is 43.0 Å². The SMILES string of the molecule is Cc1cc(OCC[NH2+]C(C)C)cnc1Oc1ccc2ncnc(Nc3cnn(C)n3)c2c1. The van der Waals surface area contributed by atoms with E-state index in [1.54, 1.807) is 19.4 Å². The Morgan fingerprint density at radius 1 is 1.09 bits per heavy atom. The third kappa shape index (κ3) is 5.27. The van der Waals surface area contributed by atoms with E-state index in [0.29, 0.717) is 35.9 Å². The van der Waals surface area contributed by atoms with Gasteiger partial charge in [-0.15, -0.1) is 5.10 Å². The molecule has 3 N–H and O–H groups in total. The van der Waals surface area contributed by atoms with Crippen LogP contribution in [0.1, 0.15) is 19.4 Å². The zero-order valence-corrected chi connectivity index (χ0v) is 18.6. The van der Waals surface area contributed by atoms with E-state index in [0.717, 1.165) is 28.8 Å². The van der Waals surface area contributed by atoms with Gasteiger partial charge in [0.2, 0.25) is 5.88 Å². The van der Waals surface area contributed by atoms with E-state index in [9.17, 15) is 0 Å². The number of fused-ring (bicyclic) bond motifs is 1. The summed E-state index contributed by atoms with van der Waals surface area (Å²) in [6, 6.07) is 8.10. The molecule has 0 saturated heterocycles. The van der Waals surface area contributed by atoms with E-state index < -0.39 is 0 Å². The Bertz CT molecular complexity index is 1210. The van der Waals surface area contributed by atoms with E-state index in [4.69, 9.17) is 9.47 Å². The first-order chi connectivity index (χ1) is 15.5. The van der Waals surface area contributed by atoms with E-state index in [2.05, 4.69) is 49.6 Å². The van der Waals surface area contributed by atoms with Gasteiger partial charge in [-0.25, -0.2) is 15.0 Å². The molecule has 166 valence electrons. The number of nitrogens with two attached hydrogens (primary N) is 1. The topological polar surface area (TPSA) is 116 Å². The molecule has 3 heterocycles. The molecule has 0 amide bonds. The molecule has 0 aliphatic carbocycles. The maximum Gasteiger partial charge on any atom is 0.222 e. The lowest BCUT2D eigenvalue weighted by Crippen LogP contribution is -2.89. The Labute approximate surface area is 186 Å². The first-order valence-electron chi connectivity index (χ1n) is 10.5. The molecule has 0 aliphatic heterocycles. The number of aromatic nitrogens is 6. The second-order valence-corrected chi connectivity index (χ2v) is 7.76. The highest BCUT2D eigenvalue weighted by Gasteiger charge is 2.10. The average molecular weight is 436 g/mol. The van der Waals surface area contributed by atoms with Crippen molar-refractivity contribution in [3.8, 4) is 17.4 Å². The van der Waals surface area contributed by atoms with Crippen LogP contribution in [0.4, 0.5) is 11.6 Å². The minimum atomic E-state index is 0.519. The minimum Gasteiger partial charge on any atom is -0.486 e. The second-order valence-electron chi connectivity index (χ2n) is 7.76. The van der Waals surface area contributed by atoms with Crippen molar-refractivity contribution >= 4 is 22.5 Å². The van der Waals surface area contributed by atoms with Crippen molar-refractivity contribution in [3.05, 3.63) is 48.5 Å². The third-order valence-electron chi connectivity index (χ3n) is 4.70. The molecule has 0 saturated carbocycles.